The Kier molecular flexibility index (Phi) is 16.0. The molecule has 0 N–H and O–H groups in total. The van der Waals surface area contributed by atoms with Gasteiger partial charge in [0, 0.05) is 44.4 Å². The van der Waals surface area contributed by atoms with E-state index in [9.17, 15) is 0 Å². The normalized spacial score (nSPS) is 11.3. The maximum absolute atomic E-state index is 2.57. The minimum atomic E-state index is 1.07. The topological polar surface area (TPSA) is 6.48 Å². The molecule has 0 atom stereocenters. The van der Waals surface area contributed by atoms with Crippen LogP contribution in [-0.4, -0.2) is 0 Å². The van der Waals surface area contributed by atoms with E-state index in [0.29, 0.717) is 0 Å². The Morgan fingerprint density at radius 3 is 0.765 bits per heavy atom. The van der Waals surface area contributed by atoms with E-state index in [2.05, 4.69) is 422 Å². The zero-order valence-corrected chi connectivity index (χ0v) is 56.2. The molecular weight excluding hydrogens is 1230 g/mol. The number of nitrogens with zero attached hydrogens (tertiary/aromatic N) is 2. The predicted molar refractivity (Wildman–Crippen MR) is 435 cm³/mol. The van der Waals surface area contributed by atoms with Crippen LogP contribution < -0.4 is 9.80 Å². The maximum atomic E-state index is 2.57. The standard InChI is InChI=1S/C100H68N2/c1-5-27-69(28-6-1)72-51-57-80(58-52-72)98-92-44-20-16-39-87(92)89-41-18-22-46-94(89)100(98)102(95-47-25-23-36-84(95)77-33-11-4-12-34-77)96-48-26-24-42-90(96)85-37-14-13-35-83(85)78-55-49-73(50-56-78)74-53-59-79(60-54-74)97-91-43-19-15-38-86(91)88-40-17-21-45-93(88)99(97)101(81-65-61-75(62-66-81)70-29-7-2-8-30-70)82-67-63-76(64-68-82)71-31-9-3-10-32-71/h1-68H. The summed E-state index contributed by atoms with van der Waals surface area (Å²) in [7, 11) is 0. The summed E-state index contributed by atoms with van der Waals surface area (Å²) in [4.78, 5) is 5.05. The van der Waals surface area contributed by atoms with Gasteiger partial charge in [0.1, 0.15) is 0 Å². The van der Waals surface area contributed by atoms with Crippen LogP contribution in [0.15, 0.2) is 413 Å². The molecule has 0 amide bonds. The smallest absolute Gasteiger partial charge is 0.0625 e. The van der Waals surface area contributed by atoms with Crippen LogP contribution in [0.4, 0.5) is 34.1 Å². The van der Waals surface area contributed by atoms with Gasteiger partial charge in [-0.15, -0.1) is 0 Å². The highest BCUT2D eigenvalue weighted by Crippen LogP contribution is 2.55. The van der Waals surface area contributed by atoms with Gasteiger partial charge in [0.05, 0.1) is 22.7 Å². The van der Waals surface area contributed by atoms with Crippen molar-refractivity contribution in [1.82, 2.24) is 0 Å². The second kappa shape index (κ2) is 26.8. The Bertz CT molecular complexity index is 5970. The van der Waals surface area contributed by atoms with E-state index in [4.69, 9.17) is 0 Å². The number of benzene rings is 18. The van der Waals surface area contributed by atoms with Crippen LogP contribution in [-0.2, 0) is 0 Å². The van der Waals surface area contributed by atoms with Gasteiger partial charge in [-0.3, -0.25) is 0 Å². The number of hydrogen-bond acceptors (Lipinski definition) is 2. The van der Waals surface area contributed by atoms with Crippen molar-refractivity contribution in [1.29, 1.82) is 0 Å². The molecular formula is C100H68N2. The fourth-order valence-corrected chi connectivity index (χ4v) is 15.5. The quantitative estimate of drug-likeness (QED) is 0.0944. The zero-order valence-electron chi connectivity index (χ0n) is 56.2. The number of anilines is 6. The van der Waals surface area contributed by atoms with Crippen LogP contribution in [0.1, 0.15) is 0 Å². The van der Waals surface area contributed by atoms with Crippen LogP contribution in [0.5, 0.6) is 0 Å². The number of para-hydroxylation sites is 2. The van der Waals surface area contributed by atoms with E-state index < -0.39 is 0 Å². The summed E-state index contributed by atoms with van der Waals surface area (Å²) in [5, 5.41) is 9.56. The molecule has 0 bridgehead atoms. The lowest BCUT2D eigenvalue weighted by Gasteiger charge is -2.33. The summed E-state index contributed by atoms with van der Waals surface area (Å²) in [6.07, 6.45) is 0. The number of fused-ring (bicyclic) bond motifs is 6. The fourth-order valence-electron chi connectivity index (χ4n) is 15.5. The monoisotopic (exact) mass is 1300 g/mol. The lowest BCUT2D eigenvalue weighted by Crippen LogP contribution is -2.14. The van der Waals surface area contributed by atoms with Gasteiger partial charge < -0.3 is 9.80 Å². The third kappa shape index (κ3) is 11.2. The number of rotatable bonds is 15. The summed E-state index contributed by atoms with van der Waals surface area (Å²) in [6, 6.07) is 151. The third-order valence-corrected chi connectivity index (χ3v) is 20.3. The van der Waals surface area contributed by atoms with Crippen LogP contribution in [0, 0.1) is 0 Å². The van der Waals surface area contributed by atoms with Crippen LogP contribution in [0.25, 0.3) is 143 Å². The molecule has 0 radical (unpaired) electrons. The first-order valence-electron chi connectivity index (χ1n) is 35.1. The van der Waals surface area contributed by atoms with E-state index in [-0.39, 0.29) is 0 Å². The van der Waals surface area contributed by atoms with E-state index >= 15 is 0 Å². The van der Waals surface area contributed by atoms with Gasteiger partial charge >= 0.3 is 0 Å². The minimum absolute atomic E-state index is 1.07. The highest BCUT2D eigenvalue weighted by molar-refractivity contribution is 6.24. The van der Waals surface area contributed by atoms with Gasteiger partial charge in [0.2, 0.25) is 0 Å². The molecule has 0 fully saturated rings. The largest absolute Gasteiger partial charge is 0.309 e. The van der Waals surface area contributed by atoms with Crippen molar-refractivity contribution in [3.8, 4) is 100 Å². The molecule has 478 valence electrons. The van der Waals surface area contributed by atoms with Crippen LogP contribution in [0.2, 0.25) is 0 Å². The van der Waals surface area contributed by atoms with Gasteiger partial charge in [-0.1, -0.05) is 376 Å². The highest BCUT2D eigenvalue weighted by Gasteiger charge is 2.29. The molecule has 18 rings (SSSR count). The average molecular weight is 1300 g/mol. The van der Waals surface area contributed by atoms with Crippen molar-refractivity contribution in [2.45, 2.75) is 0 Å². The minimum Gasteiger partial charge on any atom is -0.309 e. The first kappa shape index (κ1) is 61.0. The zero-order chi connectivity index (χ0) is 67.7. The molecule has 0 aliphatic rings. The Balaban J connectivity index is 0.759. The summed E-state index contributed by atoms with van der Waals surface area (Å²) in [5.41, 5.74) is 27.3. The maximum Gasteiger partial charge on any atom is 0.0625 e. The molecule has 0 aromatic heterocycles. The van der Waals surface area contributed by atoms with Crippen LogP contribution in [0.3, 0.4) is 0 Å². The molecule has 102 heavy (non-hydrogen) atoms. The molecule has 0 saturated heterocycles. The van der Waals surface area contributed by atoms with Crippen molar-refractivity contribution in [2.24, 2.45) is 0 Å². The first-order valence-corrected chi connectivity index (χ1v) is 35.1. The second-order valence-corrected chi connectivity index (χ2v) is 26.2. The van der Waals surface area contributed by atoms with E-state index in [1.165, 1.54) is 82.2 Å². The fraction of sp³-hybridized carbons (Fsp3) is 0. The summed E-state index contributed by atoms with van der Waals surface area (Å²) >= 11 is 0. The van der Waals surface area contributed by atoms with Gasteiger partial charge in [-0.05, 0) is 147 Å². The average Bonchev–Trinajstić information content (AvgIpc) is 0.728. The molecule has 0 saturated carbocycles. The van der Waals surface area contributed by atoms with Crippen molar-refractivity contribution < 1.29 is 0 Å². The molecule has 0 spiro atoms. The van der Waals surface area contributed by atoms with Crippen molar-refractivity contribution in [3.05, 3.63) is 413 Å². The SMILES string of the molecule is c1ccc(-c2ccc(-c3c(N(c4ccccc4-c4ccccc4)c4ccccc4-c4ccccc4-c4ccc(-c5ccc(-c6c(N(c7ccc(-c8ccccc8)cc7)c7ccc(-c8ccccc8)cc7)c7ccccc7c7ccccc67)cc5)cc4)c4ccccc4c4ccccc34)cc2)cc1. The Hall–Kier alpha value is -13.4. The van der Waals surface area contributed by atoms with Crippen LogP contribution >= 0.6 is 0 Å². The Morgan fingerprint density at radius 2 is 0.363 bits per heavy atom. The van der Waals surface area contributed by atoms with E-state index in [1.807, 2.05) is 0 Å². The highest BCUT2D eigenvalue weighted by atomic mass is 15.2. The van der Waals surface area contributed by atoms with E-state index in [1.54, 1.807) is 0 Å². The molecule has 18 aromatic rings. The summed E-state index contributed by atoms with van der Waals surface area (Å²) in [6.45, 7) is 0. The molecule has 0 aliphatic carbocycles. The Morgan fingerprint density at radius 1 is 0.127 bits per heavy atom. The van der Waals surface area contributed by atoms with Gasteiger partial charge in [-0.2, -0.15) is 0 Å². The summed E-state index contributed by atoms with van der Waals surface area (Å²) in [5.74, 6) is 0. The van der Waals surface area contributed by atoms with Crippen molar-refractivity contribution in [3.63, 3.8) is 0 Å². The van der Waals surface area contributed by atoms with Gasteiger partial charge in [0.25, 0.3) is 0 Å². The molecule has 0 unspecified atom stereocenters. The predicted octanol–water partition coefficient (Wildman–Crippen LogP) is 28.2. The van der Waals surface area contributed by atoms with Crippen molar-refractivity contribution in [2.75, 3.05) is 9.80 Å². The van der Waals surface area contributed by atoms with Gasteiger partial charge in [0.15, 0.2) is 0 Å². The summed E-state index contributed by atoms with van der Waals surface area (Å²) < 4.78 is 0. The molecule has 0 heterocycles. The number of hydrogen-bond donors (Lipinski definition) is 0. The molecule has 0 aliphatic heterocycles. The van der Waals surface area contributed by atoms with Gasteiger partial charge in [-0.25, -0.2) is 0 Å². The Labute approximate surface area is 595 Å². The molecule has 2 nitrogen and oxygen atoms in total. The second-order valence-electron chi connectivity index (χ2n) is 26.2. The first-order chi connectivity index (χ1) is 50.6. The lowest BCUT2D eigenvalue weighted by molar-refractivity contribution is 1.30. The third-order valence-electron chi connectivity index (χ3n) is 20.3. The van der Waals surface area contributed by atoms with E-state index in [0.717, 1.165) is 95.1 Å². The molecule has 2 heteroatoms. The lowest BCUT2D eigenvalue weighted by atomic mass is 9.88. The molecule has 18 aromatic carbocycles. The van der Waals surface area contributed by atoms with Crippen molar-refractivity contribution >= 4 is 77.2 Å².